The number of halogens is 1. The van der Waals surface area contributed by atoms with Crippen LogP contribution in [0.3, 0.4) is 0 Å². The molecule has 0 saturated heterocycles. The molecule has 3 nitrogen and oxygen atoms in total. The van der Waals surface area contributed by atoms with Crippen molar-refractivity contribution in [3.63, 3.8) is 0 Å². The summed E-state index contributed by atoms with van der Waals surface area (Å²) in [5.41, 5.74) is 0. The van der Waals surface area contributed by atoms with Gasteiger partial charge in [0.25, 0.3) is 0 Å². The third-order valence-electron chi connectivity index (χ3n) is 2.27. The highest BCUT2D eigenvalue weighted by molar-refractivity contribution is 7.16. The zero-order chi connectivity index (χ0) is 13.0. The molecule has 2 aromatic rings. The lowest BCUT2D eigenvalue weighted by Crippen LogP contribution is -2.10. The molecule has 2 aromatic heterocycles. The van der Waals surface area contributed by atoms with Crippen LogP contribution in [0.2, 0.25) is 4.34 Å². The Morgan fingerprint density at radius 3 is 2.33 bits per heavy atom. The van der Waals surface area contributed by atoms with Crippen LogP contribution >= 0.6 is 34.3 Å². The first-order chi connectivity index (χ1) is 8.63. The Morgan fingerprint density at radius 1 is 1.11 bits per heavy atom. The highest BCUT2D eigenvalue weighted by atomic mass is 35.5. The molecule has 0 unspecified atom stereocenters. The molecule has 2 heterocycles. The third-order valence-corrected chi connectivity index (χ3v) is 4.59. The van der Waals surface area contributed by atoms with Gasteiger partial charge in [0, 0.05) is 27.7 Å². The number of hydrogen-bond donors (Lipinski definition) is 2. The standard InChI is InChI=1S/C12H12ClNO2S2/c13-11-4-3-10(18-11)7-14-6-9-2-1-8(17-9)5-12(15)16/h1-4,14H,5-7H2,(H,15,16). The van der Waals surface area contributed by atoms with Gasteiger partial charge in [-0.25, -0.2) is 0 Å². The lowest BCUT2D eigenvalue weighted by molar-refractivity contribution is -0.136. The van der Waals surface area contributed by atoms with Gasteiger partial charge in [-0.15, -0.1) is 22.7 Å². The Hall–Kier alpha value is -0.880. The summed E-state index contributed by atoms with van der Waals surface area (Å²) < 4.78 is 0.798. The summed E-state index contributed by atoms with van der Waals surface area (Å²) in [6.07, 6.45) is 0.102. The second-order valence-electron chi connectivity index (χ2n) is 3.75. The van der Waals surface area contributed by atoms with Crippen LogP contribution in [0.4, 0.5) is 0 Å². The minimum absolute atomic E-state index is 0.102. The number of carbonyl (C=O) groups is 1. The second kappa shape index (κ2) is 6.33. The van der Waals surface area contributed by atoms with Crippen molar-refractivity contribution in [2.24, 2.45) is 0 Å². The zero-order valence-electron chi connectivity index (χ0n) is 9.48. The van der Waals surface area contributed by atoms with E-state index in [1.165, 1.54) is 16.2 Å². The van der Waals surface area contributed by atoms with E-state index in [2.05, 4.69) is 5.32 Å². The van der Waals surface area contributed by atoms with Gasteiger partial charge in [-0.3, -0.25) is 4.79 Å². The highest BCUT2D eigenvalue weighted by Crippen LogP contribution is 2.21. The first-order valence-electron chi connectivity index (χ1n) is 5.38. The minimum Gasteiger partial charge on any atom is -0.481 e. The maximum atomic E-state index is 10.6. The van der Waals surface area contributed by atoms with Gasteiger partial charge < -0.3 is 10.4 Å². The number of aliphatic carboxylic acids is 1. The molecule has 2 rings (SSSR count). The molecule has 2 N–H and O–H groups in total. The maximum absolute atomic E-state index is 10.6. The van der Waals surface area contributed by atoms with Crippen LogP contribution in [0.5, 0.6) is 0 Å². The van der Waals surface area contributed by atoms with Crippen molar-refractivity contribution in [1.82, 2.24) is 5.32 Å². The first kappa shape index (κ1) is 13.5. The predicted molar refractivity (Wildman–Crippen MR) is 75.5 cm³/mol. The van der Waals surface area contributed by atoms with E-state index in [4.69, 9.17) is 16.7 Å². The van der Waals surface area contributed by atoms with Gasteiger partial charge in [-0.2, -0.15) is 0 Å². The smallest absolute Gasteiger partial charge is 0.308 e. The van der Waals surface area contributed by atoms with Crippen LogP contribution < -0.4 is 5.32 Å². The molecule has 0 fully saturated rings. The van der Waals surface area contributed by atoms with Crippen LogP contribution in [-0.2, 0) is 24.3 Å². The predicted octanol–water partition coefficient (Wildman–Crippen LogP) is 3.38. The number of thiophene rings is 2. The molecule has 0 saturated carbocycles. The van der Waals surface area contributed by atoms with Crippen LogP contribution in [0, 0.1) is 0 Å². The van der Waals surface area contributed by atoms with E-state index in [1.807, 2.05) is 24.3 Å². The highest BCUT2D eigenvalue weighted by Gasteiger charge is 2.04. The summed E-state index contributed by atoms with van der Waals surface area (Å²) in [7, 11) is 0. The van der Waals surface area contributed by atoms with E-state index >= 15 is 0 Å². The Kier molecular flexibility index (Phi) is 4.77. The Morgan fingerprint density at radius 2 is 1.72 bits per heavy atom. The van der Waals surface area contributed by atoms with Crippen molar-refractivity contribution >= 4 is 40.2 Å². The Balaban J connectivity index is 1.79. The Labute approximate surface area is 118 Å². The fraction of sp³-hybridized carbons (Fsp3) is 0.250. The van der Waals surface area contributed by atoms with Gasteiger partial charge in [0.2, 0.25) is 0 Å². The van der Waals surface area contributed by atoms with Crippen LogP contribution in [0.25, 0.3) is 0 Å². The van der Waals surface area contributed by atoms with Gasteiger partial charge in [0.05, 0.1) is 10.8 Å². The molecule has 0 bridgehead atoms. The number of carboxylic acids is 1. The van der Waals surface area contributed by atoms with Crippen molar-refractivity contribution in [2.75, 3.05) is 0 Å². The molecular weight excluding hydrogens is 290 g/mol. The van der Waals surface area contributed by atoms with E-state index in [0.29, 0.717) is 0 Å². The maximum Gasteiger partial charge on any atom is 0.308 e. The number of hydrogen-bond acceptors (Lipinski definition) is 4. The van der Waals surface area contributed by atoms with Crippen molar-refractivity contribution in [3.8, 4) is 0 Å². The summed E-state index contributed by atoms with van der Waals surface area (Å²) in [4.78, 5) is 13.8. The molecule has 0 atom stereocenters. The van der Waals surface area contributed by atoms with E-state index in [9.17, 15) is 4.79 Å². The molecule has 0 spiro atoms. The minimum atomic E-state index is -0.787. The summed E-state index contributed by atoms with van der Waals surface area (Å²) in [5, 5.41) is 12.0. The SMILES string of the molecule is O=C(O)Cc1ccc(CNCc2ccc(Cl)s2)s1. The van der Waals surface area contributed by atoms with Gasteiger partial charge in [-0.1, -0.05) is 11.6 Å². The second-order valence-corrected chi connectivity index (χ2v) is 6.80. The van der Waals surface area contributed by atoms with Crippen LogP contribution in [-0.4, -0.2) is 11.1 Å². The third kappa shape index (κ3) is 4.10. The Bertz CT molecular complexity index is 536. The lowest BCUT2D eigenvalue weighted by Gasteiger charge is -2.00. The largest absolute Gasteiger partial charge is 0.481 e. The van der Waals surface area contributed by atoms with Gasteiger partial charge in [-0.05, 0) is 24.3 Å². The monoisotopic (exact) mass is 301 g/mol. The topological polar surface area (TPSA) is 49.3 Å². The molecule has 0 amide bonds. The summed E-state index contributed by atoms with van der Waals surface area (Å²) in [6, 6.07) is 7.73. The average Bonchev–Trinajstić information content (AvgIpc) is 2.88. The molecule has 6 heteroatoms. The molecule has 0 aromatic carbocycles. The molecule has 0 aliphatic heterocycles. The van der Waals surface area contributed by atoms with E-state index in [1.54, 1.807) is 11.3 Å². The molecule has 96 valence electrons. The molecule has 0 radical (unpaired) electrons. The fourth-order valence-corrected chi connectivity index (χ4v) is 3.55. The lowest BCUT2D eigenvalue weighted by atomic mass is 10.3. The molecule has 0 aliphatic carbocycles. The normalized spacial score (nSPS) is 10.7. The van der Waals surface area contributed by atoms with Crippen molar-refractivity contribution < 1.29 is 9.90 Å². The average molecular weight is 302 g/mol. The van der Waals surface area contributed by atoms with E-state index < -0.39 is 5.97 Å². The molecule has 18 heavy (non-hydrogen) atoms. The van der Waals surface area contributed by atoms with Gasteiger partial charge in [0.15, 0.2) is 0 Å². The van der Waals surface area contributed by atoms with Gasteiger partial charge >= 0.3 is 5.97 Å². The first-order valence-corrected chi connectivity index (χ1v) is 7.39. The number of rotatable bonds is 6. The molecular formula is C12H12ClNO2S2. The van der Waals surface area contributed by atoms with E-state index in [-0.39, 0.29) is 6.42 Å². The quantitative estimate of drug-likeness (QED) is 0.860. The summed E-state index contributed by atoms with van der Waals surface area (Å²) in [5.74, 6) is -0.787. The van der Waals surface area contributed by atoms with Crippen molar-refractivity contribution in [2.45, 2.75) is 19.5 Å². The van der Waals surface area contributed by atoms with Crippen LogP contribution in [0.1, 0.15) is 14.6 Å². The van der Waals surface area contributed by atoms with Crippen LogP contribution in [0.15, 0.2) is 24.3 Å². The van der Waals surface area contributed by atoms with Crippen molar-refractivity contribution in [1.29, 1.82) is 0 Å². The summed E-state index contributed by atoms with van der Waals surface area (Å²) in [6.45, 7) is 1.53. The number of nitrogens with one attached hydrogen (secondary N) is 1. The zero-order valence-corrected chi connectivity index (χ0v) is 11.9. The summed E-state index contributed by atoms with van der Waals surface area (Å²) >= 11 is 8.95. The van der Waals surface area contributed by atoms with E-state index in [0.717, 1.165) is 27.2 Å². The van der Waals surface area contributed by atoms with Crippen molar-refractivity contribution in [3.05, 3.63) is 43.2 Å². The number of carboxylic acid groups (broad SMARTS) is 1. The fourth-order valence-electron chi connectivity index (χ4n) is 1.52. The molecule has 0 aliphatic rings. The van der Waals surface area contributed by atoms with Gasteiger partial charge in [0.1, 0.15) is 0 Å².